The lowest BCUT2D eigenvalue weighted by atomic mass is 10.1. The topological polar surface area (TPSA) is 176 Å². The van der Waals surface area contributed by atoms with E-state index in [1.807, 2.05) is 40.1 Å². The van der Waals surface area contributed by atoms with Crippen LogP contribution >= 0.6 is 34.8 Å². The van der Waals surface area contributed by atoms with Gasteiger partial charge in [0.2, 0.25) is 0 Å². The van der Waals surface area contributed by atoms with E-state index in [9.17, 15) is 30.3 Å². The van der Waals surface area contributed by atoms with Crippen molar-refractivity contribution in [2.24, 2.45) is 0 Å². The van der Waals surface area contributed by atoms with Crippen LogP contribution in [0.5, 0.6) is 17.2 Å². The summed E-state index contributed by atoms with van der Waals surface area (Å²) >= 11 is 17.7. The number of nitro benzene ring substituents is 3. The zero-order valence-electron chi connectivity index (χ0n) is 30.5. The molecule has 0 aromatic heterocycles. The van der Waals surface area contributed by atoms with Gasteiger partial charge < -0.3 is 29.3 Å². The summed E-state index contributed by atoms with van der Waals surface area (Å²) in [4.78, 5) is 35.9. The van der Waals surface area contributed by atoms with Crippen LogP contribution < -0.4 is 29.3 Å². The largest absolute Gasteiger partial charge is 0.495 e. The van der Waals surface area contributed by atoms with Gasteiger partial charge in [-0.2, -0.15) is 0 Å². The zero-order valence-corrected chi connectivity index (χ0v) is 32.7. The lowest BCUT2D eigenvalue weighted by Crippen LogP contribution is -2.30. The van der Waals surface area contributed by atoms with Gasteiger partial charge in [-0.05, 0) is 37.7 Å². The minimum Gasteiger partial charge on any atom is -0.495 e. The molecule has 2 saturated heterocycles. The number of ether oxygens (including phenoxy) is 3. The van der Waals surface area contributed by atoms with Gasteiger partial charge in [0.1, 0.15) is 34.3 Å². The molecular weight excluding hydrogens is 779 g/mol. The van der Waals surface area contributed by atoms with Gasteiger partial charge in [0.05, 0.1) is 51.2 Å². The Kier molecular flexibility index (Phi) is 15.8. The standard InChI is InChI=1S/C14H13ClN2O3.C12H15ClN2O3.C11H13ClN2O3/c1-20-14-8-12(13(17(18)19)7-11(14)15)16-9-10-5-3-2-4-6-10;1-18-12-8-10(14-5-3-2-4-6-14)11(15(16)17)7-9(12)13;1-17-11-7-9(13-4-2-3-5-13)10(14(15)16)6-8(11)12/h2-8,16H,9H2,1H3;7-8H,2-6H2,1H3;6-7H,2-5H2,1H3. The molecule has 0 radical (unpaired) electrons. The smallest absolute Gasteiger partial charge is 0.294 e. The number of hydrogen-bond acceptors (Lipinski definition) is 12. The summed E-state index contributed by atoms with van der Waals surface area (Å²) in [5, 5.41) is 36.9. The maximum Gasteiger partial charge on any atom is 0.294 e. The van der Waals surface area contributed by atoms with Gasteiger partial charge >= 0.3 is 0 Å². The summed E-state index contributed by atoms with van der Waals surface area (Å²) in [6.07, 6.45) is 5.41. The maximum atomic E-state index is 11.1. The lowest BCUT2D eigenvalue weighted by molar-refractivity contribution is -0.384. The Morgan fingerprint density at radius 3 is 1.36 bits per heavy atom. The summed E-state index contributed by atoms with van der Waals surface area (Å²) in [5.74, 6) is 1.34. The molecule has 2 heterocycles. The third-order valence-electron chi connectivity index (χ3n) is 8.83. The molecule has 0 atom stereocenters. The molecule has 0 amide bonds. The molecule has 18 heteroatoms. The number of nitrogens with one attached hydrogen (secondary N) is 1. The molecule has 4 aromatic carbocycles. The molecule has 0 saturated carbocycles. The summed E-state index contributed by atoms with van der Waals surface area (Å²) in [7, 11) is 4.47. The number of anilines is 3. The van der Waals surface area contributed by atoms with Crippen molar-refractivity contribution >= 4 is 68.9 Å². The van der Waals surface area contributed by atoms with E-state index in [0.717, 1.165) is 57.4 Å². The van der Waals surface area contributed by atoms with E-state index in [1.165, 1.54) is 52.0 Å². The fourth-order valence-corrected chi connectivity index (χ4v) is 6.76. The average molecular weight is 820 g/mol. The van der Waals surface area contributed by atoms with Gasteiger partial charge in [-0.1, -0.05) is 65.1 Å². The number of methoxy groups -OCH3 is 3. The number of hydrogen-bond donors (Lipinski definition) is 1. The molecule has 1 N–H and O–H groups in total. The quantitative estimate of drug-likeness (QED) is 0.112. The number of piperidine rings is 1. The van der Waals surface area contributed by atoms with E-state index >= 15 is 0 Å². The highest BCUT2D eigenvalue weighted by Crippen LogP contribution is 2.40. The fraction of sp³-hybridized carbons (Fsp3) is 0.351. The van der Waals surface area contributed by atoms with Crippen molar-refractivity contribution in [2.45, 2.75) is 38.6 Å². The monoisotopic (exact) mass is 818 g/mol. The van der Waals surface area contributed by atoms with Crippen molar-refractivity contribution in [1.82, 2.24) is 0 Å². The second-order valence-corrected chi connectivity index (χ2v) is 13.5. The van der Waals surface area contributed by atoms with E-state index in [1.54, 1.807) is 12.1 Å². The first-order valence-electron chi connectivity index (χ1n) is 17.2. The normalized spacial score (nSPS) is 13.4. The Morgan fingerprint density at radius 1 is 0.582 bits per heavy atom. The average Bonchev–Trinajstić information content (AvgIpc) is 3.73. The number of nitro groups is 3. The Morgan fingerprint density at radius 2 is 0.964 bits per heavy atom. The molecule has 294 valence electrons. The van der Waals surface area contributed by atoms with Crippen LogP contribution in [0, 0.1) is 30.3 Å². The second kappa shape index (κ2) is 20.4. The van der Waals surface area contributed by atoms with Crippen LogP contribution in [-0.2, 0) is 6.54 Å². The number of halogens is 3. The van der Waals surface area contributed by atoms with E-state index < -0.39 is 14.8 Å². The first-order valence-corrected chi connectivity index (χ1v) is 18.3. The van der Waals surface area contributed by atoms with Gasteiger partial charge in [0.25, 0.3) is 17.1 Å². The predicted octanol–water partition coefficient (Wildman–Crippen LogP) is 9.97. The molecule has 55 heavy (non-hydrogen) atoms. The van der Waals surface area contributed by atoms with Gasteiger partial charge in [-0.25, -0.2) is 0 Å². The lowest BCUT2D eigenvalue weighted by Gasteiger charge is -2.28. The first kappa shape index (κ1) is 42.5. The number of benzene rings is 4. The summed E-state index contributed by atoms with van der Waals surface area (Å²) in [6.45, 7) is 3.83. The third kappa shape index (κ3) is 11.4. The van der Waals surface area contributed by atoms with Crippen molar-refractivity contribution < 1.29 is 29.0 Å². The Balaban J connectivity index is 0.000000184. The number of nitrogens with zero attached hydrogens (tertiary/aromatic N) is 5. The highest BCUT2D eigenvalue weighted by Gasteiger charge is 2.26. The highest BCUT2D eigenvalue weighted by atomic mass is 35.5. The van der Waals surface area contributed by atoms with Gasteiger partial charge in [-0.15, -0.1) is 0 Å². The molecule has 15 nitrogen and oxygen atoms in total. The van der Waals surface area contributed by atoms with Crippen molar-refractivity contribution in [1.29, 1.82) is 0 Å². The van der Waals surface area contributed by atoms with Gasteiger partial charge in [0, 0.05) is 69.1 Å². The fourth-order valence-electron chi connectivity index (χ4n) is 6.05. The Labute approximate surface area is 333 Å². The minimum atomic E-state index is -0.474. The first-order chi connectivity index (χ1) is 26.4. The molecule has 4 aromatic rings. The van der Waals surface area contributed by atoms with Crippen LogP contribution in [0.25, 0.3) is 0 Å². The van der Waals surface area contributed by atoms with E-state index in [2.05, 4.69) is 5.32 Å². The van der Waals surface area contributed by atoms with Crippen molar-refractivity contribution in [3.63, 3.8) is 0 Å². The highest BCUT2D eigenvalue weighted by molar-refractivity contribution is 6.33. The van der Waals surface area contributed by atoms with Crippen LogP contribution in [0.15, 0.2) is 66.7 Å². The SMILES string of the molecule is COc1cc(N2CCCC2)c([N+](=O)[O-])cc1Cl.COc1cc(N2CCCCC2)c([N+](=O)[O-])cc1Cl.COc1cc(NCc2ccccc2)c([N+](=O)[O-])cc1Cl. The van der Waals surface area contributed by atoms with Crippen LogP contribution in [0.4, 0.5) is 34.1 Å². The molecule has 6 rings (SSSR count). The van der Waals surface area contributed by atoms with Crippen molar-refractivity contribution in [3.8, 4) is 17.2 Å². The van der Waals surface area contributed by atoms with Crippen molar-refractivity contribution in [2.75, 3.05) is 62.6 Å². The van der Waals surface area contributed by atoms with Crippen molar-refractivity contribution in [3.05, 3.63) is 118 Å². The van der Waals surface area contributed by atoms with E-state index in [4.69, 9.17) is 49.0 Å². The maximum absolute atomic E-state index is 11.1. The van der Waals surface area contributed by atoms with E-state index in [-0.39, 0.29) is 32.1 Å². The summed E-state index contributed by atoms with van der Waals surface area (Å²) in [5.41, 5.74) is 2.60. The molecule has 2 aliphatic heterocycles. The van der Waals surface area contributed by atoms with E-state index in [0.29, 0.717) is 40.9 Å². The van der Waals surface area contributed by atoms with Gasteiger partial charge in [0.15, 0.2) is 0 Å². The summed E-state index contributed by atoms with van der Waals surface area (Å²) in [6, 6.07) is 18.4. The van der Waals surface area contributed by atoms with Crippen LogP contribution in [0.1, 0.15) is 37.7 Å². The van der Waals surface area contributed by atoms with Crippen LogP contribution in [0.2, 0.25) is 15.1 Å². The minimum absolute atomic E-state index is 0.0395. The third-order valence-corrected chi connectivity index (χ3v) is 9.71. The molecule has 0 bridgehead atoms. The molecule has 0 spiro atoms. The Hall–Kier alpha value is -5.25. The zero-order chi connectivity index (χ0) is 40.1. The molecule has 0 aliphatic carbocycles. The predicted molar refractivity (Wildman–Crippen MR) is 215 cm³/mol. The Bertz CT molecular complexity index is 1960. The molecule has 2 fully saturated rings. The molecular formula is C37H41Cl3N6O9. The van der Waals surface area contributed by atoms with Crippen LogP contribution in [0.3, 0.4) is 0 Å². The molecule has 0 unspecified atom stereocenters. The second-order valence-electron chi connectivity index (χ2n) is 12.3. The van der Waals surface area contributed by atoms with Gasteiger partial charge in [-0.3, -0.25) is 30.3 Å². The molecule has 2 aliphatic rings. The summed E-state index contributed by atoms with van der Waals surface area (Å²) < 4.78 is 15.3. The van der Waals surface area contributed by atoms with Crippen LogP contribution in [-0.4, -0.2) is 62.3 Å². The number of rotatable bonds is 11.